The van der Waals surface area contributed by atoms with E-state index in [1.165, 1.54) is 23.2 Å². The number of amides is 2. The van der Waals surface area contributed by atoms with E-state index in [0.717, 1.165) is 11.3 Å². The summed E-state index contributed by atoms with van der Waals surface area (Å²) in [5, 5.41) is 13.5. The number of hydrogen-bond donors (Lipinski definition) is 1. The molecular formula is C14H19N3O2S. The maximum atomic E-state index is 12.2. The van der Waals surface area contributed by atoms with Crippen molar-refractivity contribution in [3.63, 3.8) is 0 Å². The van der Waals surface area contributed by atoms with Gasteiger partial charge in [0.2, 0.25) is 11.8 Å². The van der Waals surface area contributed by atoms with Crippen LogP contribution in [-0.4, -0.2) is 29.8 Å². The van der Waals surface area contributed by atoms with Gasteiger partial charge in [0.25, 0.3) is 0 Å². The second-order valence-corrected chi connectivity index (χ2v) is 5.43. The van der Waals surface area contributed by atoms with Crippen LogP contribution in [-0.2, 0) is 9.59 Å². The molecule has 0 aliphatic carbocycles. The van der Waals surface area contributed by atoms with Crippen molar-refractivity contribution < 1.29 is 9.59 Å². The van der Waals surface area contributed by atoms with Gasteiger partial charge in [-0.05, 0) is 17.9 Å². The highest BCUT2D eigenvalue weighted by atomic mass is 32.1. The average molecular weight is 293 g/mol. The fourth-order valence-corrected chi connectivity index (χ4v) is 2.69. The lowest BCUT2D eigenvalue weighted by Gasteiger charge is -2.22. The first-order chi connectivity index (χ1) is 9.58. The topological polar surface area (TPSA) is 73.2 Å². The van der Waals surface area contributed by atoms with Crippen LogP contribution < -0.4 is 5.32 Å². The Morgan fingerprint density at radius 3 is 2.80 bits per heavy atom. The van der Waals surface area contributed by atoms with E-state index in [9.17, 15) is 9.59 Å². The van der Waals surface area contributed by atoms with E-state index in [1.54, 1.807) is 0 Å². The number of nitrogens with zero attached hydrogens (tertiary/aromatic N) is 2. The highest BCUT2D eigenvalue weighted by Gasteiger charge is 2.21. The van der Waals surface area contributed by atoms with E-state index in [-0.39, 0.29) is 30.8 Å². The van der Waals surface area contributed by atoms with Gasteiger partial charge < -0.3 is 10.2 Å². The quantitative estimate of drug-likeness (QED) is 0.782. The molecule has 0 aromatic carbocycles. The van der Waals surface area contributed by atoms with Crippen molar-refractivity contribution in [1.29, 1.82) is 5.26 Å². The van der Waals surface area contributed by atoms with Gasteiger partial charge in [0.1, 0.15) is 6.54 Å². The van der Waals surface area contributed by atoms with Crippen molar-refractivity contribution in [3.05, 3.63) is 22.4 Å². The molecule has 0 bridgehead atoms. The Bertz CT molecular complexity index is 479. The van der Waals surface area contributed by atoms with Crippen LogP contribution >= 0.6 is 11.3 Å². The van der Waals surface area contributed by atoms with E-state index in [2.05, 4.69) is 5.32 Å². The zero-order valence-electron chi connectivity index (χ0n) is 11.8. The summed E-state index contributed by atoms with van der Waals surface area (Å²) in [5.41, 5.74) is 0. The average Bonchev–Trinajstić information content (AvgIpc) is 2.91. The lowest BCUT2D eigenvalue weighted by molar-refractivity contribution is -0.131. The van der Waals surface area contributed by atoms with Gasteiger partial charge in [0, 0.05) is 18.3 Å². The van der Waals surface area contributed by atoms with Crippen LogP contribution in [0.25, 0.3) is 0 Å². The first kappa shape index (κ1) is 16.2. The molecule has 5 nitrogen and oxygen atoms in total. The SMILES string of the molecule is CCCN(CC#N)C(=O)C[C@H](NC(C)=O)c1cccs1. The molecule has 0 aliphatic heterocycles. The molecule has 1 aromatic rings. The summed E-state index contributed by atoms with van der Waals surface area (Å²) in [6.07, 6.45) is 0.985. The number of thiophene rings is 1. The molecule has 0 unspecified atom stereocenters. The normalized spacial score (nSPS) is 11.4. The van der Waals surface area contributed by atoms with Crippen LogP contribution in [0, 0.1) is 11.3 Å². The smallest absolute Gasteiger partial charge is 0.225 e. The summed E-state index contributed by atoms with van der Waals surface area (Å²) >= 11 is 1.50. The van der Waals surface area contributed by atoms with Crippen LogP contribution in [0.3, 0.4) is 0 Å². The maximum absolute atomic E-state index is 12.2. The predicted octanol–water partition coefficient (Wildman–Crippen LogP) is 2.08. The van der Waals surface area contributed by atoms with Crippen molar-refractivity contribution >= 4 is 23.2 Å². The molecule has 1 heterocycles. The van der Waals surface area contributed by atoms with Gasteiger partial charge in [-0.2, -0.15) is 5.26 Å². The van der Waals surface area contributed by atoms with Crippen LogP contribution in [0.2, 0.25) is 0 Å². The zero-order chi connectivity index (χ0) is 15.0. The highest BCUT2D eigenvalue weighted by Crippen LogP contribution is 2.22. The Morgan fingerprint density at radius 2 is 2.30 bits per heavy atom. The number of hydrogen-bond acceptors (Lipinski definition) is 4. The summed E-state index contributed by atoms with van der Waals surface area (Å²) in [6, 6.07) is 5.46. The largest absolute Gasteiger partial charge is 0.348 e. The molecule has 0 aliphatic rings. The third-order valence-electron chi connectivity index (χ3n) is 2.75. The fourth-order valence-electron chi connectivity index (χ4n) is 1.91. The van der Waals surface area contributed by atoms with E-state index >= 15 is 0 Å². The van der Waals surface area contributed by atoms with Crippen LogP contribution in [0.5, 0.6) is 0 Å². The van der Waals surface area contributed by atoms with E-state index in [1.807, 2.05) is 30.5 Å². The molecule has 6 heteroatoms. The number of carbonyl (C=O) groups excluding carboxylic acids is 2. The standard InChI is InChI=1S/C14H19N3O2S/c1-3-7-17(8-6-15)14(19)10-12(16-11(2)18)13-5-4-9-20-13/h4-5,9,12H,3,7-8,10H2,1-2H3,(H,16,18)/t12-/m0/s1. The molecule has 0 spiro atoms. The lowest BCUT2D eigenvalue weighted by atomic mass is 10.1. The number of nitrogens with one attached hydrogen (secondary N) is 1. The highest BCUT2D eigenvalue weighted by molar-refractivity contribution is 7.10. The Hall–Kier alpha value is -1.87. The minimum absolute atomic E-state index is 0.0872. The lowest BCUT2D eigenvalue weighted by Crippen LogP contribution is -2.36. The molecule has 1 rings (SSSR count). The molecule has 0 fully saturated rings. The van der Waals surface area contributed by atoms with E-state index < -0.39 is 0 Å². The van der Waals surface area contributed by atoms with Crippen molar-refractivity contribution in [3.8, 4) is 6.07 Å². The Kier molecular flexibility index (Phi) is 6.74. The molecular weight excluding hydrogens is 274 g/mol. The third kappa shape index (κ3) is 5.02. The Labute approximate surface area is 123 Å². The van der Waals surface area contributed by atoms with Crippen molar-refractivity contribution in [2.45, 2.75) is 32.7 Å². The van der Waals surface area contributed by atoms with Crippen molar-refractivity contribution in [1.82, 2.24) is 10.2 Å². The number of nitriles is 1. The summed E-state index contributed by atoms with van der Waals surface area (Å²) in [6.45, 7) is 4.04. The first-order valence-corrected chi connectivity index (χ1v) is 7.41. The minimum Gasteiger partial charge on any atom is -0.348 e. The minimum atomic E-state index is -0.321. The zero-order valence-corrected chi connectivity index (χ0v) is 12.6. The van der Waals surface area contributed by atoms with Gasteiger partial charge in [-0.15, -0.1) is 11.3 Å². The molecule has 1 atom stereocenters. The van der Waals surface area contributed by atoms with Gasteiger partial charge in [0.15, 0.2) is 0 Å². The van der Waals surface area contributed by atoms with Crippen LogP contribution in [0.15, 0.2) is 17.5 Å². The molecule has 0 saturated carbocycles. The molecule has 1 N–H and O–H groups in total. The van der Waals surface area contributed by atoms with Crippen LogP contribution in [0.1, 0.15) is 37.6 Å². The number of rotatable bonds is 7. The summed E-state index contributed by atoms with van der Waals surface area (Å²) < 4.78 is 0. The summed E-state index contributed by atoms with van der Waals surface area (Å²) in [5.74, 6) is -0.279. The Morgan fingerprint density at radius 1 is 1.55 bits per heavy atom. The molecule has 1 aromatic heterocycles. The summed E-state index contributed by atoms with van der Waals surface area (Å²) in [7, 11) is 0. The molecule has 0 saturated heterocycles. The first-order valence-electron chi connectivity index (χ1n) is 6.53. The molecule has 108 valence electrons. The van der Waals surface area contributed by atoms with Gasteiger partial charge in [-0.1, -0.05) is 13.0 Å². The third-order valence-corrected chi connectivity index (χ3v) is 3.74. The maximum Gasteiger partial charge on any atom is 0.225 e. The molecule has 0 radical (unpaired) electrons. The monoisotopic (exact) mass is 293 g/mol. The second kappa shape index (κ2) is 8.33. The van der Waals surface area contributed by atoms with Gasteiger partial charge in [-0.25, -0.2) is 0 Å². The predicted molar refractivity (Wildman–Crippen MR) is 78.0 cm³/mol. The molecule has 2 amide bonds. The van der Waals surface area contributed by atoms with Gasteiger partial charge >= 0.3 is 0 Å². The number of carbonyl (C=O) groups is 2. The van der Waals surface area contributed by atoms with E-state index in [0.29, 0.717) is 6.54 Å². The van der Waals surface area contributed by atoms with E-state index in [4.69, 9.17) is 5.26 Å². The molecule has 20 heavy (non-hydrogen) atoms. The van der Waals surface area contributed by atoms with Crippen molar-refractivity contribution in [2.75, 3.05) is 13.1 Å². The van der Waals surface area contributed by atoms with Gasteiger partial charge in [0.05, 0.1) is 18.5 Å². The van der Waals surface area contributed by atoms with Crippen molar-refractivity contribution in [2.24, 2.45) is 0 Å². The van der Waals surface area contributed by atoms with Gasteiger partial charge in [-0.3, -0.25) is 9.59 Å². The summed E-state index contributed by atoms with van der Waals surface area (Å²) in [4.78, 5) is 26.0. The Balaban J connectivity index is 2.75. The second-order valence-electron chi connectivity index (χ2n) is 4.45. The fraction of sp³-hybridized carbons (Fsp3) is 0.500. The van der Waals surface area contributed by atoms with Crippen LogP contribution in [0.4, 0.5) is 0 Å².